The van der Waals surface area contributed by atoms with Crippen LogP contribution in [0, 0.1) is 0 Å². The summed E-state index contributed by atoms with van der Waals surface area (Å²) in [5.41, 5.74) is 9.07. The highest BCUT2D eigenvalue weighted by molar-refractivity contribution is 5.86. The molecule has 0 radical (unpaired) electrons. The van der Waals surface area contributed by atoms with E-state index in [1.54, 1.807) is 6.08 Å². The van der Waals surface area contributed by atoms with Crippen LogP contribution in [-0.4, -0.2) is 24.0 Å². The standard InChI is InChI=1S/C20H20N4.C10H14.C2H6/c1-5-6-14(2)15-8-10-18(21-3)20(11-15)24(4)17-9-7-16-13-22-23-19(16)12-17;1-3-9-6-5-7-10(4-2)8-9;1-2/h5-13H,1,3H2,2,4H3,(H,22,23);5-8H,3-4H2,1-2H3;1-2H3/b14-6+;;. The van der Waals surface area contributed by atoms with E-state index in [1.807, 2.05) is 39.2 Å². The van der Waals surface area contributed by atoms with Crippen molar-refractivity contribution < 1.29 is 0 Å². The van der Waals surface area contributed by atoms with Crippen molar-refractivity contribution in [1.82, 2.24) is 10.2 Å². The van der Waals surface area contributed by atoms with Crippen LogP contribution in [-0.2, 0) is 12.8 Å². The van der Waals surface area contributed by atoms with E-state index >= 15 is 0 Å². The number of benzene rings is 3. The van der Waals surface area contributed by atoms with Gasteiger partial charge in [0.15, 0.2) is 0 Å². The molecule has 3 aromatic carbocycles. The molecular weight excluding hydrogens is 440 g/mol. The number of aryl methyl sites for hydroxylation is 2. The van der Waals surface area contributed by atoms with Gasteiger partial charge in [0.2, 0.25) is 0 Å². The Morgan fingerprint density at radius 3 is 2.31 bits per heavy atom. The Bertz CT molecular complexity index is 1280. The molecular formula is C32H40N4. The van der Waals surface area contributed by atoms with Crippen LogP contribution >= 0.6 is 0 Å². The maximum Gasteiger partial charge on any atom is 0.0859 e. The van der Waals surface area contributed by atoms with Crippen molar-refractivity contribution in [2.45, 2.75) is 47.5 Å². The lowest BCUT2D eigenvalue weighted by atomic mass is 10.0. The summed E-state index contributed by atoms with van der Waals surface area (Å²) in [6.07, 6.45) is 7.91. The average Bonchev–Trinajstić information content (AvgIpc) is 3.42. The molecule has 0 aliphatic carbocycles. The van der Waals surface area contributed by atoms with Crippen molar-refractivity contribution in [3.63, 3.8) is 0 Å². The third kappa shape index (κ3) is 7.29. The fourth-order valence-electron chi connectivity index (χ4n) is 3.79. The predicted octanol–water partition coefficient (Wildman–Crippen LogP) is 9.09. The van der Waals surface area contributed by atoms with E-state index < -0.39 is 0 Å². The summed E-state index contributed by atoms with van der Waals surface area (Å²) in [5, 5.41) is 8.18. The molecule has 0 aliphatic heterocycles. The molecule has 0 atom stereocenters. The zero-order valence-electron chi connectivity index (χ0n) is 22.7. The fourth-order valence-corrected chi connectivity index (χ4v) is 3.79. The van der Waals surface area contributed by atoms with Gasteiger partial charge in [0, 0.05) is 18.1 Å². The van der Waals surface area contributed by atoms with Gasteiger partial charge in [-0.15, -0.1) is 0 Å². The Morgan fingerprint density at radius 1 is 1.00 bits per heavy atom. The number of nitrogens with zero attached hydrogens (tertiary/aromatic N) is 3. The number of allylic oxidation sites excluding steroid dienone is 3. The third-order valence-corrected chi connectivity index (χ3v) is 5.95. The highest BCUT2D eigenvalue weighted by atomic mass is 15.1. The van der Waals surface area contributed by atoms with Crippen molar-refractivity contribution in [1.29, 1.82) is 0 Å². The lowest BCUT2D eigenvalue weighted by Crippen LogP contribution is -2.10. The van der Waals surface area contributed by atoms with E-state index in [4.69, 9.17) is 0 Å². The number of rotatable bonds is 7. The Kier molecular flexibility index (Phi) is 11.4. The maximum absolute atomic E-state index is 4.16. The molecule has 1 N–H and O–H groups in total. The number of aliphatic imine (C=N–C) groups is 1. The van der Waals surface area contributed by atoms with Crippen molar-refractivity contribution in [2.24, 2.45) is 4.99 Å². The van der Waals surface area contributed by atoms with Crippen LogP contribution in [0.3, 0.4) is 0 Å². The largest absolute Gasteiger partial charge is 0.343 e. The summed E-state index contributed by atoms with van der Waals surface area (Å²) in [4.78, 5) is 6.27. The second-order valence-electron chi connectivity index (χ2n) is 8.17. The van der Waals surface area contributed by atoms with Gasteiger partial charge in [-0.25, -0.2) is 0 Å². The SMILES string of the molecule is C=C/C=C(\C)c1ccc(N=C)c(N(C)c2ccc3cn[nH]c3c2)c1.CC.CCc1cccc(CC)c1. The minimum Gasteiger partial charge on any atom is -0.343 e. The number of aromatic amines is 1. The highest BCUT2D eigenvalue weighted by Crippen LogP contribution is 2.35. The summed E-state index contributed by atoms with van der Waals surface area (Å²) in [5.74, 6) is 0. The number of nitrogens with one attached hydrogen (secondary N) is 1. The van der Waals surface area contributed by atoms with Gasteiger partial charge in [0.05, 0.1) is 23.1 Å². The average molecular weight is 481 g/mol. The van der Waals surface area contributed by atoms with Crippen LogP contribution in [0.25, 0.3) is 16.5 Å². The molecule has 4 rings (SSSR count). The van der Waals surface area contributed by atoms with Crippen LogP contribution in [0.2, 0.25) is 0 Å². The maximum atomic E-state index is 4.16. The highest BCUT2D eigenvalue weighted by Gasteiger charge is 2.11. The minimum atomic E-state index is 0.845. The molecule has 0 unspecified atom stereocenters. The summed E-state index contributed by atoms with van der Waals surface area (Å²) in [6.45, 7) is 17.9. The molecule has 36 heavy (non-hydrogen) atoms. The molecule has 0 bridgehead atoms. The van der Waals surface area contributed by atoms with E-state index in [2.05, 4.69) is 109 Å². The summed E-state index contributed by atoms with van der Waals surface area (Å²) in [6, 6.07) is 21.1. The molecule has 0 saturated carbocycles. The fraction of sp³-hybridized carbons (Fsp3) is 0.250. The van der Waals surface area contributed by atoms with Crippen LogP contribution in [0.4, 0.5) is 17.1 Å². The lowest BCUT2D eigenvalue weighted by molar-refractivity contribution is 1.09. The Labute approximate surface area is 217 Å². The molecule has 4 heteroatoms. The molecule has 188 valence electrons. The van der Waals surface area contributed by atoms with Gasteiger partial charge in [-0.3, -0.25) is 10.1 Å². The van der Waals surface area contributed by atoms with Crippen molar-refractivity contribution >= 4 is 40.3 Å². The predicted molar refractivity (Wildman–Crippen MR) is 160 cm³/mol. The molecule has 4 nitrogen and oxygen atoms in total. The summed E-state index contributed by atoms with van der Waals surface area (Å²) in [7, 11) is 2.03. The molecule has 4 aromatic rings. The Morgan fingerprint density at radius 2 is 1.69 bits per heavy atom. The third-order valence-electron chi connectivity index (χ3n) is 5.95. The number of hydrogen-bond acceptors (Lipinski definition) is 3. The van der Waals surface area contributed by atoms with E-state index in [0.717, 1.165) is 51.9 Å². The van der Waals surface area contributed by atoms with E-state index in [0.29, 0.717) is 0 Å². The van der Waals surface area contributed by atoms with Crippen LogP contribution in [0.15, 0.2) is 90.6 Å². The minimum absolute atomic E-state index is 0.845. The van der Waals surface area contributed by atoms with Crippen LogP contribution in [0.1, 0.15) is 51.3 Å². The summed E-state index contributed by atoms with van der Waals surface area (Å²) >= 11 is 0. The quantitative estimate of drug-likeness (QED) is 0.212. The van der Waals surface area contributed by atoms with Gasteiger partial charge in [-0.05, 0) is 79.1 Å². The first-order valence-corrected chi connectivity index (χ1v) is 12.7. The van der Waals surface area contributed by atoms with Crippen molar-refractivity contribution in [2.75, 3.05) is 11.9 Å². The monoisotopic (exact) mass is 480 g/mol. The van der Waals surface area contributed by atoms with Crippen LogP contribution < -0.4 is 4.90 Å². The number of aromatic nitrogens is 2. The number of fused-ring (bicyclic) bond motifs is 1. The summed E-state index contributed by atoms with van der Waals surface area (Å²) < 4.78 is 0. The number of H-pyrrole nitrogens is 1. The molecule has 0 amide bonds. The Hall–Kier alpha value is -3.92. The molecule has 0 aliphatic rings. The first-order chi connectivity index (χ1) is 17.5. The molecule has 0 fully saturated rings. The smallest absolute Gasteiger partial charge is 0.0859 e. The van der Waals surface area contributed by atoms with Gasteiger partial charge in [-0.1, -0.05) is 76.8 Å². The van der Waals surface area contributed by atoms with Gasteiger partial charge in [0.1, 0.15) is 0 Å². The zero-order chi connectivity index (χ0) is 26.5. The normalized spacial score (nSPS) is 10.6. The van der Waals surface area contributed by atoms with Gasteiger partial charge >= 0.3 is 0 Å². The molecule has 1 heterocycles. The van der Waals surface area contributed by atoms with Crippen molar-refractivity contribution in [3.8, 4) is 0 Å². The van der Waals surface area contributed by atoms with E-state index in [9.17, 15) is 0 Å². The molecule has 0 saturated heterocycles. The van der Waals surface area contributed by atoms with E-state index in [1.165, 1.54) is 11.1 Å². The topological polar surface area (TPSA) is 44.3 Å². The second kappa shape index (κ2) is 14.5. The van der Waals surface area contributed by atoms with Gasteiger partial charge < -0.3 is 4.90 Å². The van der Waals surface area contributed by atoms with E-state index in [-0.39, 0.29) is 0 Å². The number of hydrogen-bond donors (Lipinski definition) is 1. The second-order valence-corrected chi connectivity index (χ2v) is 8.17. The zero-order valence-corrected chi connectivity index (χ0v) is 22.7. The van der Waals surface area contributed by atoms with Crippen molar-refractivity contribution in [3.05, 3.63) is 102 Å². The molecule has 1 aromatic heterocycles. The number of anilines is 2. The lowest BCUT2D eigenvalue weighted by Gasteiger charge is -2.22. The van der Waals surface area contributed by atoms with Gasteiger partial charge in [0.25, 0.3) is 0 Å². The Balaban J connectivity index is 0.000000318. The first-order valence-electron chi connectivity index (χ1n) is 12.7. The van der Waals surface area contributed by atoms with Crippen LogP contribution in [0.5, 0.6) is 0 Å². The molecule has 0 spiro atoms. The first kappa shape index (κ1) is 28.3. The van der Waals surface area contributed by atoms with Gasteiger partial charge in [-0.2, -0.15) is 5.10 Å².